The summed E-state index contributed by atoms with van der Waals surface area (Å²) in [4.78, 5) is 18.3. The van der Waals surface area contributed by atoms with Crippen molar-refractivity contribution in [2.24, 2.45) is 5.92 Å². The first-order valence-corrected chi connectivity index (χ1v) is 8.93. The van der Waals surface area contributed by atoms with Crippen LogP contribution in [-0.4, -0.2) is 30.0 Å². The summed E-state index contributed by atoms with van der Waals surface area (Å²) in [5.74, 6) is 0.305. The first kappa shape index (κ1) is 17.1. The third-order valence-corrected chi connectivity index (χ3v) is 5.10. The molecule has 4 nitrogen and oxygen atoms in total. The Bertz CT molecular complexity index is 832. The number of fused-ring (bicyclic) bond motifs is 1. The van der Waals surface area contributed by atoms with Gasteiger partial charge in [0.2, 0.25) is 5.91 Å². The van der Waals surface area contributed by atoms with E-state index in [0.29, 0.717) is 17.4 Å². The van der Waals surface area contributed by atoms with E-state index in [-0.39, 0.29) is 17.9 Å². The van der Waals surface area contributed by atoms with Gasteiger partial charge in [0.25, 0.3) is 0 Å². The number of aromatic nitrogens is 1. The fraction of sp³-hybridized carbons (Fsp3) is 0.474. The third kappa shape index (κ3) is 3.48. The van der Waals surface area contributed by atoms with Crippen molar-refractivity contribution >= 4 is 22.5 Å². The van der Waals surface area contributed by atoms with E-state index in [4.69, 9.17) is 0 Å². The highest BCUT2D eigenvalue weighted by Gasteiger charge is 2.33. The summed E-state index contributed by atoms with van der Waals surface area (Å²) in [5, 5.41) is 3.82. The summed E-state index contributed by atoms with van der Waals surface area (Å²) in [6.45, 7) is 1.48. The first-order valence-electron chi connectivity index (χ1n) is 8.93. The lowest BCUT2D eigenvalue weighted by Gasteiger charge is -2.35. The number of carbonyl (C=O) groups is 1. The first-order chi connectivity index (χ1) is 12.4. The monoisotopic (exact) mass is 363 g/mol. The van der Waals surface area contributed by atoms with Crippen LogP contribution in [0.5, 0.6) is 0 Å². The molecule has 1 aromatic carbocycles. The third-order valence-electron chi connectivity index (χ3n) is 5.10. The summed E-state index contributed by atoms with van der Waals surface area (Å²) < 4.78 is 38.8. The van der Waals surface area contributed by atoms with Gasteiger partial charge in [0, 0.05) is 42.3 Å². The van der Waals surface area contributed by atoms with Gasteiger partial charge in [-0.1, -0.05) is 6.07 Å². The zero-order chi connectivity index (χ0) is 18.3. The van der Waals surface area contributed by atoms with Crippen molar-refractivity contribution < 1.29 is 18.0 Å². The molecule has 0 radical (unpaired) electrons. The molecular weight excluding hydrogens is 343 g/mol. The molecule has 2 heterocycles. The molecule has 2 fully saturated rings. The SMILES string of the molecule is O=C(NC1CCCN(c2ccnc3cc(C(F)(F)F)ccc23)C1)C1CC1. The van der Waals surface area contributed by atoms with Crippen LogP contribution >= 0.6 is 0 Å². The molecule has 2 aromatic rings. The number of halogens is 3. The number of alkyl halides is 3. The van der Waals surface area contributed by atoms with Crippen LogP contribution in [0.25, 0.3) is 10.9 Å². The molecule has 138 valence electrons. The minimum atomic E-state index is -4.38. The lowest BCUT2D eigenvalue weighted by atomic mass is 10.0. The molecule has 7 heteroatoms. The molecule has 1 atom stereocenters. The van der Waals surface area contributed by atoms with Crippen LogP contribution in [-0.2, 0) is 11.0 Å². The maximum atomic E-state index is 12.9. The van der Waals surface area contributed by atoms with Gasteiger partial charge in [0.05, 0.1) is 11.1 Å². The molecule has 0 spiro atoms. The van der Waals surface area contributed by atoms with Gasteiger partial charge in [-0.15, -0.1) is 0 Å². The van der Waals surface area contributed by atoms with Gasteiger partial charge in [-0.3, -0.25) is 9.78 Å². The van der Waals surface area contributed by atoms with Gasteiger partial charge < -0.3 is 10.2 Å². The van der Waals surface area contributed by atoms with E-state index in [0.717, 1.165) is 50.0 Å². The summed E-state index contributed by atoms with van der Waals surface area (Å²) in [7, 11) is 0. The van der Waals surface area contributed by atoms with Crippen molar-refractivity contribution in [3.63, 3.8) is 0 Å². The lowest BCUT2D eigenvalue weighted by Crippen LogP contribution is -2.48. The molecular formula is C19H20F3N3O. The van der Waals surface area contributed by atoms with Crippen molar-refractivity contribution in [3.05, 3.63) is 36.0 Å². The summed E-state index contributed by atoms with van der Waals surface area (Å²) in [5.41, 5.74) is 0.512. The maximum Gasteiger partial charge on any atom is 0.416 e. The Hall–Kier alpha value is -2.31. The van der Waals surface area contributed by atoms with Crippen molar-refractivity contribution in [1.29, 1.82) is 0 Å². The largest absolute Gasteiger partial charge is 0.416 e. The molecule has 1 aliphatic heterocycles. The molecule has 0 bridgehead atoms. The molecule has 1 amide bonds. The number of pyridine rings is 1. The van der Waals surface area contributed by atoms with Gasteiger partial charge in [-0.05, 0) is 43.9 Å². The Balaban J connectivity index is 1.58. The van der Waals surface area contributed by atoms with Crippen LogP contribution in [0.3, 0.4) is 0 Å². The predicted molar refractivity (Wildman–Crippen MR) is 92.8 cm³/mol. The Morgan fingerprint density at radius 2 is 2.00 bits per heavy atom. The average Bonchev–Trinajstić information content (AvgIpc) is 3.45. The number of rotatable bonds is 3. The van der Waals surface area contributed by atoms with Gasteiger partial charge >= 0.3 is 6.18 Å². The standard InChI is InChI=1S/C19H20F3N3O/c20-19(21,22)13-5-6-15-16(10-13)23-8-7-17(15)25-9-1-2-14(11-25)24-18(26)12-3-4-12/h5-8,10,12,14H,1-4,9,11H2,(H,24,26). The molecule has 1 saturated carbocycles. The summed E-state index contributed by atoms with van der Waals surface area (Å²) >= 11 is 0. The number of piperidine rings is 1. The van der Waals surface area contributed by atoms with Gasteiger partial charge in [0.15, 0.2) is 0 Å². The number of nitrogens with zero attached hydrogens (tertiary/aromatic N) is 2. The highest BCUT2D eigenvalue weighted by Crippen LogP contribution is 2.34. The van der Waals surface area contributed by atoms with Crippen LogP contribution in [0.4, 0.5) is 18.9 Å². The van der Waals surface area contributed by atoms with Crippen molar-refractivity contribution in [2.45, 2.75) is 37.9 Å². The molecule has 1 saturated heterocycles. The molecule has 1 aromatic heterocycles. The summed E-state index contributed by atoms with van der Waals surface area (Å²) in [6.07, 6.45) is 0.966. The Kier molecular flexibility index (Phi) is 4.25. The van der Waals surface area contributed by atoms with E-state index < -0.39 is 11.7 Å². The Morgan fingerprint density at radius 3 is 2.73 bits per heavy atom. The Morgan fingerprint density at radius 1 is 1.19 bits per heavy atom. The zero-order valence-electron chi connectivity index (χ0n) is 14.2. The molecule has 26 heavy (non-hydrogen) atoms. The van der Waals surface area contributed by atoms with E-state index in [1.54, 1.807) is 6.20 Å². The average molecular weight is 363 g/mol. The number of amides is 1. The fourth-order valence-electron chi connectivity index (χ4n) is 3.56. The second-order valence-electron chi connectivity index (χ2n) is 7.13. The van der Waals surface area contributed by atoms with E-state index >= 15 is 0 Å². The smallest absolute Gasteiger partial charge is 0.369 e. The minimum absolute atomic E-state index is 0.0783. The molecule has 4 rings (SSSR count). The molecule has 1 N–H and O–H groups in total. The van der Waals surface area contributed by atoms with Gasteiger partial charge in [-0.25, -0.2) is 0 Å². The number of hydrogen-bond acceptors (Lipinski definition) is 3. The van der Waals surface area contributed by atoms with E-state index in [1.807, 2.05) is 6.07 Å². The second-order valence-corrected chi connectivity index (χ2v) is 7.13. The zero-order valence-corrected chi connectivity index (χ0v) is 14.2. The quantitative estimate of drug-likeness (QED) is 0.903. The topological polar surface area (TPSA) is 45.2 Å². The number of carbonyl (C=O) groups excluding carboxylic acids is 1. The lowest BCUT2D eigenvalue weighted by molar-refractivity contribution is -0.137. The number of nitrogens with one attached hydrogen (secondary N) is 1. The van der Waals surface area contributed by atoms with Crippen LogP contribution in [0, 0.1) is 5.92 Å². The number of anilines is 1. The molecule has 1 unspecified atom stereocenters. The maximum absolute atomic E-state index is 12.9. The van der Waals surface area contributed by atoms with Gasteiger partial charge in [0.1, 0.15) is 0 Å². The van der Waals surface area contributed by atoms with Crippen LogP contribution < -0.4 is 10.2 Å². The van der Waals surface area contributed by atoms with Crippen molar-refractivity contribution in [3.8, 4) is 0 Å². The summed E-state index contributed by atoms with van der Waals surface area (Å²) in [6, 6.07) is 5.60. The number of benzene rings is 1. The molecule has 1 aliphatic carbocycles. The number of hydrogen-bond donors (Lipinski definition) is 1. The van der Waals surface area contributed by atoms with E-state index in [1.165, 1.54) is 6.07 Å². The highest BCUT2D eigenvalue weighted by molar-refractivity contribution is 5.92. The minimum Gasteiger partial charge on any atom is -0.369 e. The van der Waals surface area contributed by atoms with Crippen molar-refractivity contribution in [2.75, 3.05) is 18.0 Å². The Labute approximate surface area is 149 Å². The fourth-order valence-corrected chi connectivity index (χ4v) is 3.56. The van der Waals surface area contributed by atoms with Crippen LogP contribution in [0.15, 0.2) is 30.5 Å². The highest BCUT2D eigenvalue weighted by atomic mass is 19.4. The second kappa shape index (κ2) is 6.45. The predicted octanol–water partition coefficient (Wildman–Crippen LogP) is 3.75. The van der Waals surface area contributed by atoms with Gasteiger partial charge in [-0.2, -0.15) is 13.2 Å². The van der Waals surface area contributed by atoms with E-state index in [9.17, 15) is 18.0 Å². The van der Waals surface area contributed by atoms with Crippen molar-refractivity contribution in [1.82, 2.24) is 10.3 Å². The van der Waals surface area contributed by atoms with Crippen LogP contribution in [0.2, 0.25) is 0 Å². The van der Waals surface area contributed by atoms with E-state index in [2.05, 4.69) is 15.2 Å². The normalized spacial score (nSPS) is 21.0. The van der Waals surface area contributed by atoms with Crippen LogP contribution in [0.1, 0.15) is 31.2 Å². The molecule has 2 aliphatic rings.